The topological polar surface area (TPSA) is 73.7 Å². The Morgan fingerprint density at radius 3 is 2.93 bits per heavy atom. The zero-order valence-electron chi connectivity index (χ0n) is 16.1. The van der Waals surface area contributed by atoms with Gasteiger partial charge in [-0.15, -0.1) is 0 Å². The number of aliphatic hydroxyl groups is 1. The summed E-state index contributed by atoms with van der Waals surface area (Å²) < 4.78 is 6.10. The second-order valence-corrected chi connectivity index (χ2v) is 6.64. The predicted molar refractivity (Wildman–Crippen MR) is 113 cm³/mol. The van der Waals surface area contributed by atoms with Crippen LogP contribution in [0.25, 0.3) is 22.4 Å². The summed E-state index contributed by atoms with van der Waals surface area (Å²) in [6.45, 7) is 4.36. The molecule has 1 aliphatic heterocycles. The second-order valence-electron chi connectivity index (χ2n) is 6.64. The molecule has 144 valence electrons. The average Bonchev–Trinajstić information content (AvgIpc) is 3.17. The van der Waals surface area contributed by atoms with Gasteiger partial charge >= 0.3 is 0 Å². The molecule has 28 heavy (non-hydrogen) atoms. The van der Waals surface area contributed by atoms with Crippen molar-refractivity contribution >= 4 is 22.9 Å². The molecule has 0 fully saturated rings. The van der Waals surface area contributed by atoms with Crippen molar-refractivity contribution in [1.82, 2.24) is 9.97 Å². The number of aliphatic hydroxyl groups excluding tert-OH is 1. The number of nitrogens with one attached hydrogen (secondary N) is 1. The van der Waals surface area contributed by atoms with E-state index in [9.17, 15) is 5.11 Å². The maximum absolute atomic E-state index is 9.92. The van der Waals surface area contributed by atoms with Gasteiger partial charge in [0.25, 0.3) is 0 Å². The highest BCUT2D eigenvalue weighted by Crippen LogP contribution is 2.43. The monoisotopic (exact) mass is 376 g/mol. The minimum atomic E-state index is -0.196. The van der Waals surface area contributed by atoms with E-state index in [1.54, 1.807) is 0 Å². The number of hydrogen-bond acceptors (Lipinski definition) is 5. The predicted octanol–water partition coefficient (Wildman–Crippen LogP) is 4.13. The summed E-state index contributed by atoms with van der Waals surface area (Å²) in [6, 6.07) is 13.7. The SMILES string of the molecule is C/C=C(\N=C/CC)N1c2cccc(-c3nc4ccccc4[nH]3)c2OC[C@@H]1CO. The summed E-state index contributed by atoms with van der Waals surface area (Å²) in [5.41, 5.74) is 3.67. The maximum atomic E-state index is 9.92. The van der Waals surface area contributed by atoms with Crippen molar-refractivity contribution in [2.75, 3.05) is 18.1 Å². The van der Waals surface area contributed by atoms with Crippen molar-refractivity contribution in [1.29, 1.82) is 0 Å². The highest BCUT2D eigenvalue weighted by molar-refractivity contribution is 5.84. The number of fused-ring (bicyclic) bond motifs is 2. The van der Waals surface area contributed by atoms with Crippen LogP contribution in [0.3, 0.4) is 0 Å². The van der Waals surface area contributed by atoms with Gasteiger partial charge in [-0.25, -0.2) is 9.98 Å². The number of anilines is 1. The normalized spacial score (nSPS) is 17.2. The number of H-pyrrole nitrogens is 1. The van der Waals surface area contributed by atoms with Gasteiger partial charge in [-0.05, 0) is 43.7 Å². The summed E-state index contributed by atoms with van der Waals surface area (Å²) in [5.74, 6) is 2.31. The first-order chi connectivity index (χ1) is 13.8. The Morgan fingerprint density at radius 1 is 1.32 bits per heavy atom. The second kappa shape index (κ2) is 7.86. The number of hydrogen-bond donors (Lipinski definition) is 2. The molecule has 1 aliphatic rings. The lowest BCUT2D eigenvalue weighted by atomic mass is 10.1. The Morgan fingerprint density at radius 2 is 2.18 bits per heavy atom. The fourth-order valence-corrected chi connectivity index (χ4v) is 3.49. The summed E-state index contributed by atoms with van der Waals surface area (Å²) in [4.78, 5) is 14.7. The van der Waals surface area contributed by atoms with Gasteiger partial charge in [0.05, 0.1) is 34.9 Å². The van der Waals surface area contributed by atoms with E-state index in [1.807, 2.05) is 68.6 Å². The number of nitrogens with zero attached hydrogens (tertiary/aromatic N) is 3. The number of aromatic amines is 1. The number of para-hydroxylation sites is 3. The largest absolute Gasteiger partial charge is 0.488 e. The third-order valence-electron chi connectivity index (χ3n) is 4.81. The van der Waals surface area contributed by atoms with Crippen LogP contribution in [-0.2, 0) is 0 Å². The number of ether oxygens (including phenoxy) is 1. The molecule has 1 atom stereocenters. The van der Waals surface area contributed by atoms with Crippen LogP contribution in [0.5, 0.6) is 5.75 Å². The van der Waals surface area contributed by atoms with Crippen LogP contribution in [-0.4, -0.2) is 40.5 Å². The van der Waals surface area contributed by atoms with Crippen LogP contribution in [0.4, 0.5) is 5.69 Å². The third-order valence-corrected chi connectivity index (χ3v) is 4.81. The maximum Gasteiger partial charge on any atom is 0.154 e. The Balaban J connectivity index is 1.84. The molecule has 6 heteroatoms. The molecule has 0 saturated heterocycles. The van der Waals surface area contributed by atoms with Crippen LogP contribution in [0.1, 0.15) is 20.3 Å². The Bertz CT molecular complexity index is 1000. The number of benzene rings is 2. The van der Waals surface area contributed by atoms with Crippen molar-refractivity contribution in [3.63, 3.8) is 0 Å². The van der Waals surface area contributed by atoms with Crippen LogP contribution >= 0.6 is 0 Å². The van der Waals surface area contributed by atoms with Crippen molar-refractivity contribution in [2.45, 2.75) is 26.3 Å². The lowest BCUT2D eigenvalue weighted by molar-refractivity contribution is 0.192. The van der Waals surface area contributed by atoms with Crippen molar-refractivity contribution in [3.8, 4) is 17.1 Å². The highest BCUT2D eigenvalue weighted by atomic mass is 16.5. The van der Waals surface area contributed by atoms with E-state index in [0.29, 0.717) is 6.61 Å². The minimum absolute atomic E-state index is 0.0205. The number of imidazole rings is 1. The minimum Gasteiger partial charge on any atom is -0.488 e. The standard InChI is InChI=1S/C22H24N4O2/c1-3-12-23-20(4-2)26-15(13-27)14-28-21-16(8-7-11-19(21)26)22-24-17-9-5-6-10-18(17)25-22/h4-12,15,27H,3,13-14H2,1-2H3,(H,24,25)/b20-4+,23-12-/t15-/m0/s1. The lowest BCUT2D eigenvalue weighted by Gasteiger charge is -2.38. The molecule has 0 radical (unpaired) electrons. The van der Waals surface area contributed by atoms with Gasteiger partial charge in [0.2, 0.25) is 0 Å². The van der Waals surface area contributed by atoms with Crippen molar-refractivity contribution in [3.05, 3.63) is 54.4 Å². The summed E-state index contributed by atoms with van der Waals surface area (Å²) in [5, 5.41) is 9.92. The van der Waals surface area contributed by atoms with Gasteiger partial charge in [-0.1, -0.05) is 25.1 Å². The molecular formula is C22H24N4O2. The molecule has 0 aliphatic carbocycles. The Labute approximate surface area is 164 Å². The van der Waals surface area contributed by atoms with Crippen molar-refractivity contribution in [2.24, 2.45) is 4.99 Å². The zero-order valence-corrected chi connectivity index (χ0v) is 16.1. The first-order valence-electron chi connectivity index (χ1n) is 9.56. The Kier molecular flexibility index (Phi) is 5.12. The highest BCUT2D eigenvalue weighted by Gasteiger charge is 2.31. The molecule has 2 N–H and O–H groups in total. The summed E-state index contributed by atoms with van der Waals surface area (Å²) in [6.07, 6.45) is 4.68. The van der Waals surface area contributed by atoms with Crippen LogP contribution in [0, 0.1) is 0 Å². The van der Waals surface area contributed by atoms with Crippen LogP contribution in [0.2, 0.25) is 0 Å². The third kappa shape index (κ3) is 3.16. The molecule has 1 aromatic heterocycles. The molecule has 4 rings (SSSR count). The van der Waals surface area contributed by atoms with E-state index in [0.717, 1.165) is 46.1 Å². The van der Waals surface area contributed by atoms with Gasteiger partial charge in [0.1, 0.15) is 18.3 Å². The van der Waals surface area contributed by atoms with E-state index < -0.39 is 0 Å². The molecule has 0 bridgehead atoms. The van der Waals surface area contributed by atoms with Gasteiger partial charge in [-0.3, -0.25) is 0 Å². The van der Waals surface area contributed by atoms with Crippen LogP contribution in [0.15, 0.2) is 59.4 Å². The van der Waals surface area contributed by atoms with Gasteiger partial charge < -0.3 is 19.7 Å². The zero-order chi connectivity index (χ0) is 19.5. The molecule has 2 heterocycles. The molecule has 0 saturated carbocycles. The van der Waals surface area contributed by atoms with E-state index in [2.05, 4.69) is 14.9 Å². The number of allylic oxidation sites excluding steroid dienone is 1. The molecule has 6 nitrogen and oxygen atoms in total. The van der Waals surface area contributed by atoms with Gasteiger partial charge in [0.15, 0.2) is 5.75 Å². The molecule has 3 aromatic rings. The fraction of sp³-hybridized carbons (Fsp3) is 0.273. The molecule has 0 unspecified atom stereocenters. The molecule has 2 aromatic carbocycles. The number of aliphatic imine (C=N–C) groups is 1. The summed E-state index contributed by atoms with van der Waals surface area (Å²) in [7, 11) is 0. The summed E-state index contributed by atoms with van der Waals surface area (Å²) >= 11 is 0. The van der Waals surface area contributed by atoms with E-state index in [-0.39, 0.29) is 12.6 Å². The van der Waals surface area contributed by atoms with E-state index in [1.165, 1.54) is 0 Å². The fourth-order valence-electron chi connectivity index (χ4n) is 3.49. The Hall–Kier alpha value is -3.12. The van der Waals surface area contributed by atoms with Crippen LogP contribution < -0.4 is 9.64 Å². The number of rotatable bonds is 5. The molecule has 0 amide bonds. The lowest BCUT2D eigenvalue weighted by Crippen LogP contribution is -2.44. The average molecular weight is 376 g/mol. The first-order valence-corrected chi connectivity index (χ1v) is 9.56. The molecule has 0 spiro atoms. The van der Waals surface area contributed by atoms with E-state index in [4.69, 9.17) is 9.72 Å². The molecular weight excluding hydrogens is 352 g/mol. The quantitative estimate of drug-likeness (QED) is 0.657. The van der Waals surface area contributed by atoms with E-state index >= 15 is 0 Å². The van der Waals surface area contributed by atoms with Crippen molar-refractivity contribution < 1.29 is 9.84 Å². The van der Waals surface area contributed by atoms with Gasteiger partial charge in [0, 0.05) is 6.21 Å². The smallest absolute Gasteiger partial charge is 0.154 e. The first kappa shape index (κ1) is 18.3. The number of aromatic nitrogens is 2. The van der Waals surface area contributed by atoms with Gasteiger partial charge in [-0.2, -0.15) is 0 Å².